The smallest absolute Gasteiger partial charge is 0.255 e. The normalized spacial score (nSPS) is 25.9. The number of hydrogen-bond donors (Lipinski definition) is 0. The predicted molar refractivity (Wildman–Crippen MR) is 74.8 cm³/mol. The van der Waals surface area contributed by atoms with Crippen molar-refractivity contribution in [1.29, 1.82) is 0 Å². The van der Waals surface area contributed by atoms with Crippen LogP contribution in [0, 0.1) is 11.4 Å². The number of rotatable bonds is 1. The summed E-state index contributed by atoms with van der Waals surface area (Å²) in [5.41, 5.74) is 0.741. The Bertz CT molecular complexity index is 526. The predicted octanol–water partition coefficient (Wildman–Crippen LogP) is 3.18. The molecule has 20 heavy (non-hydrogen) atoms. The first kappa shape index (κ1) is 13.3. The molecule has 1 amide bonds. The van der Waals surface area contributed by atoms with Crippen molar-refractivity contribution in [2.75, 3.05) is 13.1 Å². The summed E-state index contributed by atoms with van der Waals surface area (Å²) >= 11 is 0. The van der Waals surface area contributed by atoms with Gasteiger partial charge in [-0.15, -0.1) is 0 Å². The molecule has 1 aromatic rings. The van der Waals surface area contributed by atoms with E-state index in [0.717, 1.165) is 38.8 Å². The average Bonchev–Trinajstić information content (AvgIpc) is 2.48. The van der Waals surface area contributed by atoms with E-state index in [2.05, 4.69) is 17.1 Å². The molecule has 2 heterocycles. The van der Waals surface area contributed by atoms with Crippen molar-refractivity contribution in [2.45, 2.75) is 32.1 Å². The highest BCUT2D eigenvalue weighted by Crippen LogP contribution is 2.40. The molecule has 0 radical (unpaired) electrons. The van der Waals surface area contributed by atoms with Gasteiger partial charge in [-0.25, -0.2) is 4.98 Å². The molecule has 0 aromatic carbocycles. The Labute approximate surface area is 118 Å². The van der Waals surface area contributed by atoms with Gasteiger partial charge in [0, 0.05) is 19.3 Å². The lowest BCUT2D eigenvalue weighted by molar-refractivity contribution is 0.0484. The van der Waals surface area contributed by atoms with Gasteiger partial charge in [0.15, 0.2) is 0 Å². The number of hydrogen-bond acceptors (Lipinski definition) is 2. The van der Waals surface area contributed by atoms with Gasteiger partial charge in [-0.05, 0) is 49.7 Å². The molecule has 4 heteroatoms. The fourth-order valence-electron chi connectivity index (χ4n) is 3.38. The van der Waals surface area contributed by atoms with Gasteiger partial charge < -0.3 is 4.90 Å². The molecular formula is C16H19FN2O. The van der Waals surface area contributed by atoms with Crippen LogP contribution in [0.1, 0.15) is 42.5 Å². The van der Waals surface area contributed by atoms with Crippen LogP contribution in [0.25, 0.3) is 0 Å². The number of amides is 1. The Kier molecular flexibility index (Phi) is 3.55. The fraction of sp³-hybridized carbons (Fsp3) is 0.500. The summed E-state index contributed by atoms with van der Waals surface area (Å²) in [6, 6.07) is 2.77. The number of halogens is 1. The van der Waals surface area contributed by atoms with E-state index in [1.54, 1.807) is 0 Å². The average molecular weight is 274 g/mol. The molecule has 1 aliphatic carbocycles. The first-order chi connectivity index (χ1) is 9.69. The summed E-state index contributed by atoms with van der Waals surface area (Å²) in [6.07, 6.45) is 11.4. The van der Waals surface area contributed by atoms with Gasteiger partial charge in [0.25, 0.3) is 5.91 Å². The molecule has 1 aliphatic heterocycles. The van der Waals surface area contributed by atoms with E-state index in [4.69, 9.17) is 0 Å². The minimum atomic E-state index is -0.547. The van der Waals surface area contributed by atoms with Crippen molar-refractivity contribution >= 4 is 5.91 Å². The standard InChI is InChI=1S/C16H19FN2O/c17-14-6-5-13(11-18-14)15(20)19-10-4-9-16(12-19)7-2-1-3-8-16/h1-2,5-6,11H,3-4,7-10,12H2/t16-/m0/s1. The molecule has 2 aliphatic rings. The minimum absolute atomic E-state index is 0.0221. The zero-order chi connectivity index (χ0) is 14.0. The first-order valence-electron chi connectivity index (χ1n) is 7.24. The van der Waals surface area contributed by atoms with Crippen LogP contribution in [0.4, 0.5) is 4.39 Å². The van der Waals surface area contributed by atoms with E-state index in [-0.39, 0.29) is 11.3 Å². The van der Waals surface area contributed by atoms with Crippen LogP contribution in [0.5, 0.6) is 0 Å². The lowest BCUT2D eigenvalue weighted by Crippen LogP contribution is -2.46. The van der Waals surface area contributed by atoms with Crippen molar-refractivity contribution in [3.05, 3.63) is 42.0 Å². The van der Waals surface area contributed by atoms with Crippen molar-refractivity contribution in [3.63, 3.8) is 0 Å². The fourth-order valence-corrected chi connectivity index (χ4v) is 3.38. The molecular weight excluding hydrogens is 255 g/mol. The van der Waals surface area contributed by atoms with E-state index in [1.807, 2.05) is 4.90 Å². The number of piperidine rings is 1. The van der Waals surface area contributed by atoms with Gasteiger partial charge in [0.05, 0.1) is 5.56 Å². The topological polar surface area (TPSA) is 33.2 Å². The zero-order valence-electron chi connectivity index (χ0n) is 11.5. The van der Waals surface area contributed by atoms with Crippen LogP contribution in [0.15, 0.2) is 30.5 Å². The van der Waals surface area contributed by atoms with Gasteiger partial charge >= 0.3 is 0 Å². The van der Waals surface area contributed by atoms with Crippen molar-refractivity contribution < 1.29 is 9.18 Å². The number of pyridine rings is 1. The van der Waals surface area contributed by atoms with Gasteiger partial charge in [0.1, 0.15) is 0 Å². The van der Waals surface area contributed by atoms with E-state index in [0.29, 0.717) is 5.56 Å². The second kappa shape index (κ2) is 5.35. The monoisotopic (exact) mass is 274 g/mol. The second-order valence-corrected chi connectivity index (χ2v) is 5.91. The summed E-state index contributed by atoms with van der Waals surface area (Å²) in [5, 5.41) is 0. The third-order valence-electron chi connectivity index (χ3n) is 4.48. The van der Waals surface area contributed by atoms with Gasteiger partial charge in [-0.3, -0.25) is 4.79 Å². The molecule has 1 fully saturated rings. The van der Waals surface area contributed by atoms with E-state index in [1.165, 1.54) is 24.8 Å². The lowest BCUT2D eigenvalue weighted by atomic mass is 9.71. The van der Waals surface area contributed by atoms with Crippen LogP contribution in [-0.2, 0) is 0 Å². The maximum absolute atomic E-state index is 12.8. The molecule has 0 saturated carbocycles. The molecule has 3 rings (SSSR count). The molecule has 3 nitrogen and oxygen atoms in total. The maximum Gasteiger partial charge on any atom is 0.255 e. The molecule has 1 saturated heterocycles. The number of carbonyl (C=O) groups is 1. The number of aromatic nitrogens is 1. The molecule has 0 bridgehead atoms. The van der Waals surface area contributed by atoms with Crippen LogP contribution in [0.3, 0.4) is 0 Å². The third-order valence-corrected chi connectivity index (χ3v) is 4.48. The SMILES string of the molecule is O=C(c1ccc(F)nc1)N1CCC[C@@]2(CC=CCC2)C1. The van der Waals surface area contributed by atoms with Gasteiger partial charge in [-0.2, -0.15) is 4.39 Å². The molecule has 1 aromatic heterocycles. The zero-order valence-corrected chi connectivity index (χ0v) is 11.5. The Hall–Kier alpha value is -1.71. The van der Waals surface area contributed by atoms with Gasteiger partial charge in [-0.1, -0.05) is 12.2 Å². The number of nitrogens with zero attached hydrogens (tertiary/aromatic N) is 2. The number of allylic oxidation sites excluding steroid dienone is 2. The third kappa shape index (κ3) is 2.60. The van der Waals surface area contributed by atoms with Crippen molar-refractivity contribution in [2.24, 2.45) is 5.41 Å². The second-order valence-electron chi connectivity index (χ2n) is 5.91. The van der Waals surface area contributed by atoms with Crippen LogP contribution in [-0.4, -0.2) is 28.9 Å². The summed E-state index contributed by atoms with van der Waals surface area (Å²) in [5.74, 6) is -0.569. The highest BCUT2D eigenvalue weighted by atomic mass is 19.1. The highest BCUT2D eigenvalue weighted by molar-refractivity contribution is 5.94. The quantitative estimate of drug-likeness (QED) is 0.582. The molecule has 106 valence electrons. The van der Waals surface area contributed by atoms with Crippen LogP contribution >= 0.6 is 0 Å². The molecule has 1 spiro atoms. The Morgan fingerprint density at radius 3 is 2.90 bits per heavy atom. The first-order valence-corrected chi connectivity index (χ1v) is 7.24. The summed E-state index contributed by atoms with van der Waals surface area (Å²) in [6.45, 7) is 1.61. The summed E-state index contributed by atoms with van der Waals surface area (Å²) in [4.78, 5) is 18.0. The van der Waals surface area contributed by atoms with E-state index < -0.39 is 5.95 Å². The Balaban J connectivity index is 1.75. The van der Waals surface area contributed by atoms with Crippen LogP contribution in [0.2, 0.25) is 0 Å². The van der Waals surface area contributed by atoms with E-state index >= 15 is 0 Å². The summed E-state index contributed by atoms with van der Waals surface area (Å²) < 4.78 is 12.8. The molecule has 1 atom stereocenters. The molecule has 0 unspecified atom stereocenters. The Morgan fingerprint density at radius 2 is 2.20 bits per heavy atom. The molecule has 0 N–H and O–H groups in total. The summed E-state index contributed by atoms with van der Waals surface area (Å²) in [7, 11) is 0. The lowest BCUT2D eigenvalue weighted by Gasteiger charge is -2.43. The highest BCUT2D eigenvalue weighted by Gasteiger charge is 2.36. The largest absolute Gasteiger partial charge is 0.338 e. The van der Waals surface area contributed by atoms with Crippen LogP contribution < -0.4 is 0 Å². The van der Waals surface area contributed by atoms with Crippen molar-refractivity contribution in [1.82, 2.24) is 9.88 Å². The number of likely N-dealkylation sites (tertiary alicyclic amines) is 1. The number of carbonyl (C=O) groups excluding carboxylic acids is 1. The Morgan fingerprint density at radius 1 is 1.30 bits per heavy atom. The maximum atomic E-state index is 12.8. The van der Waals surface area contributed by atoms with Crippen molar-refractivity contribution in [3.8, 4) is 0 Å². The van der Waals surface area contributed by atoms with E-state index in [9.17, 15) is 9.18 Å². The van der Waals surface area contributed by atoms with Gasteiger partial charge in [0.2, 0.25) is 5.95 Å². The minimum Gasteiger partial charge on any atom is -0.338 e.